The smallest absolute Gasteiger partial charge is 0.157 e. The van der Waals surface area contributed by atoms with Gasteiger partial charge in [0.15, 0.2) is 5.76 Å². The van der Waals surface area contributed by atoms with Crippen LogP contribution in [0.1, 0.15) is 32.6 Å². The molecule has 10 heavy (non-hydrogen) atoms. The van der Waals surface area contributed by atoms with Crippen LogP contribution in [0.5, 0.6) is 0 Å². The van der Waals surface area contributed by atoms with Crippen molar-refractivity contribution >= 4 is 0 Å². The lowest BCUT2D eigenvalue weighted by Gasteiger charge is -1.99. The van der Waals surface area contributed by atoms with Gasteiger partial charge in [0.25, 0.3) is 0 Å². The number of allylic oxidation sites excluding steroid dienone is 1. The standard InChI is InChI=1S/C7H15NO2/c1-2-3-4-5-7(6-8)10-9/h6,9H,2-5,8H2,1H3/b7-6+. The van der Waals surface area contributed by atoms with Gasteiger partial charge in [0.05, 0.1) is 0 Å². The highest BCUT2D eigenvalue weighted by molar-refractivity contribution is 4.87. The fourth-order valence-corrected chi connectivity index (χ4v) is 0.709. The van der Waals surface area contributed by atoms with E-state index in [2.05, 4.69) is 11.8 Å². The van der Waals surface area contributed by atoms with E-state index in [1.807, 2.05) is 0 Å². The third-order valence-electron chi connectivity index (χ3n) is 1.33. The zero-order valence-electron chi connectivity index (χ0n) is 6.34. The lowest BCUT2D eigenvalue weighted by molar-refractivity contribution is -0.206. The second-order valence-electron chi connectivity index (χ2n) is 2.18. The molecule has 0 aliphatic heterocycles. The first-order valence-corrected chi connectivity index (χ1v) is 3.57. The number of hydrogen-bond acceptors (Lipinski definition) is 3. The van der Waals surface area contributed by atoms with E-state index in [9.17, 15) is 0 Å². The van der Waals surface area contributed by atoms with Crippen LogP contribution >= 0.6 is 0 Å². The Balaban J connectivity index is 3.27. The molecule has 0 heterocycles. The largest absolute Gasteiger partial charge is 0.402 e. The Morgan fingerprint density at radius 1 is 1.60 bits per heavy atom. The van der Waals surface area contributed by atoms with E-state index in [1.54, 1.807) is 0 Å². The van der Waals surface area contributed by atoms with Crippen LogP contribution in [0.4, 0.5) is 0 Å². The summed E-state index contributed by atoms with van der Waals surface area (Å²) in [5.74, 6) is 0.452. The highest BCUT2D eigenvalue weighted by atomic mass is 17.1. The molecule has 0 unspecified atom stereocenters. The van der Waals surface area contributed by atoms with Gasteiger partial charge >= 0.3 is 0 Å². The predicted molar refractivity (Wildman–Crippen MR) is 40.1 cm³/mol. The zero-order chi connectivity index (χ0) is 7.82. The van der Waals surface area contributed by atoms with Crippen LogP contribution in [0, 0.1) is 0 Å². The molecule has 3 nitrogen and oxygen atoms in total. The van der Waals surface area contributed by atoms with Crippen LogP contribution in [0.15, 0.2) is 12.0 Å². The summed E-state index contributed by atoms with van der Waals surface area (Å²) in [4.78, 5) is 3.98. The van der Waals surface area contributed by atoms with Gasteiger partial charge in [-0.25, -0.2) is 5.26 Å². The fourth-order valence-electron chi connectivity index (χ4n) is 0.709. The molecule has 3 heteroatoms. The molecule has 0 aliphatic rings. The first-order chi connectivity index (χ1) is 4.85. The molecule has 0 fully saturated rings. The van der Waals surface area contributed by atoms with Crippen molar-refractivity contribution < 1.29 is 10.1 Å². The van der Waals surface area contributed by atoms with Gasteiger partial charge in [0, 0.05) is 12.6 Å². The predicted octanol–water partition coefficient (Wildman–Crippen LogP) is 1.86. The molecule has 0 saturated heterocycles. The van der Waals surface area contributed by atoms with Crippen molar-refractivity contribution in [3.05, 3.63) is 12.0 Å². The van der Waals surface area contributed by atoms with Crippen molar-refractivity contribution in [1.82, 2.24) is 0 Å². The van der Waals surface area contributed by atoms with Crippen molar-refractivity contribution in [2.24, 2.45) is 5.73 Å². The van der Waals surface area contributed by atoms with Crippen molar-refractivity contribution in [1.29, 1.82) is 0 Å². The Kier molecular flexibility index (Phi) is 5.97. The minimum atomic E-state index is 0.452. The quantitative estimate of drug-likeness (QED) is 0.269. The molecule has 0 radical (unpaired) electrons. The summed E-state index contributed by atoms with van der Waals surface area (Å²) >= 11 is 0. The Hall–Kier alpha value is -0.700. The van der Waals surface area contributed by atoms with Gasteiger partial charge in [-0.05, 0) is 6.42 Å². The van der Waals surface area contributed by atoms with Gasteiger partial charge in [-0.1, -0.05) is 19.8 Å². The third-order valence-corrected chi connectivity index (χ3v) is 1.33. The van der Waals surface area contributed by atoms with Gasteiger partial charge < -0.3 is 10.6 Å². The first kappa shape index (κ1) is 9.30. The average Bonchev–Trinajstić information content (AvgIpc) is 1.99. The van der Waals surface area contributed by atoms with Crippen molar-refractivity contribution in [3.8, 4) is 0 Å². The van der Waals surface area contributed by atoms with Gasteiger partial charge in [-0.15, -0.1) is 0 Å². The number of rotatable bonds is 5. The minimum absolute atomic E-state index is 0.452. The van der Waals surface area contributed by atoms with Crippen LogP contribution in [-0.2, 0) is 4.89 Å². The fraction of sp³-hybridized carbons (Fsp3) is 0.714. The molecule has 0 aromatic heterocycles. The summed E-state index contributed by atoms with van der Waals surface area (Å²) in [5, 5.41) is 8.18. The summed E-state index contributed by atoms with van der Waals surface area (Å²) in [6, 6.07) is 0. The Bertz CT molecular complexity index is 102. The maximum Gasteiger partial charge on any atom is 0.157 e. The highest BCUT2D eigenvalue weighted by Crippen LogP contribution is 2.07. The van der Waals surface area contributed by atoms with E-state index >= 15 is 0 Å². The van der Waals surface area contributed by atoms with E-state index < -0.39 is 0 Å². The summed E-state index contributed by atoms with van der Waals surface area (Å²) in [6.45, 7) is 2.12. The van der Waals surface area contributed by atoms with Gasteiger partial charge in [-0.2, -0.15) is 0 Å². The average molecular weight is 145 g/mol. The lowest BCUT2D eigenvalue weighted by atomic mass is 10.2. The molecule has 0 saturated carbocycles. The monoisotopic (exact) mass is 145 g/mol. The molecule has 0 amide bonds. The lowest BCUT2D eigenvalue weighted by Crippen LogP contribution is -1.92. The minimum Gasteiger partial charge on any atom is -0.402 e. The highest BCUT2D eigenvalue weighted by Gasteiger charge is 1.95. The van der Waals surface area contributed by atoms with Crippen molar-refractivity contribution in [2.75, 3.05) is 0 Å². The normalized spacial score (nSPS) is 11.6. The molecule has 0 bridgehead atoms. The van der Waals surface area contributed by atoms with E-state index in [-0.39, 0.29) is 0 Å². The van der Waals surface area contributed by atoms with Gasteiger partial charge in [0.1, 0.15) is 0 Å². The topological polar surface area (TPSA) is 55.5 Å². The second kappa shape index (κ2) is 6.42. The van der Waals surface area contributed by atoms with E-state index in [4.69, 9.17) is 11.0 Å². The number of hydrogen-bond donors (Lipinski definition) is 2. The summed E-state index contributed by atoms with van der Waals surface area (Å²) < 4.78 is 0. The Morgan fingerprint density at radius 2 is 2.30 bits per heavy atom. The molecule has 0 spiro atoms. The zero-order valence-corrected chi connectivity index (χ0v) is 6.34. The van der Waals surface area contributed by atoms with Gasteiger partial charge in [-0.3, -0.25) is 0 Å². The molecule has 0 aromatic rings. The van der Waals surface area contributed by atoms with Crippen molar-refractivity contribution in [2.45, 2.75) is 32.6 Å². The summed E-state index contributed by atoms with van der Waals surface area (Å²) in [5.41, 5.74) is 5.12. The van der Waals surface area contributed by atoms with E-state index in [0.29, 0.717) is 5.76 Å². The van der Waals surface area contributed by atoms with Crippen LogP contribution in [0.3, 0.4) is 0 Å². The van der Waals surface area contributed by atoms with Crippen LogP contribution in [0.2, 0.25) is 0 Å². The molecule has 0 rings (SSSR count). The summed E-state index contributed by atoms with van der Waals surface area (Å²) in [7, 11) is 0. The second-order valence-corrected chi connectivity index (χ2v) is 2.18. The Labute approximate surface area is 61.4 Å². The molecule has 60 valence electrons. The molecular weight excluding hydrogens is 130 g/mol. The van der Waals surface area contributed by atoms with Gasteiger partial charge in [0.2, 0.25) is 0 Å². The van der Waals surface area contributed by atoms with E-state index in [1.165, 1.54) is 6.20 Å². The molecule has 0 aliphatic carbocycles. The maximum absolute atomic E-state index is 8.18. The molecular formula is C7H15NO2. The van der Waals surface area contributed by atoms with Crippen LogP contribution < -0.4 is 5.73 Å². The number of unbranched alkanes of at least 4 members (excludes halogenated alkanes) is 2. The third kappa shape index (κ3) is 4.21. The molecule has 0 atom stereocenters. The molecule has 0 aromatic carbocycles. The number of nitrogens with two attached hydrogens (primary N) is 1. The van der Waals surface area contributed by atoms with E-state index in [0.717, 1.165) is 25.7 Å². The SMILES string of the molecule is CCCCC/C(=C\N)OO. The Morgan fingerprint density at radius 3 is 2.70 bits per heavy atom. The van der Waals surface area contributed by atoms with Crippen molar-refractivity contribution in [3.63, 3.8) is 0 Å². The summed E-state index contributed by atoms with van der Waals surface area (Å²) in [6.07, 6.45) is 5.32. The maximum atomic E-state index is 8.18. The van der Waals surface area contributed by atoms with Crippen LogP contribution in [-0.4, -0.2) is 5.26 Å². The first-order valence-electron chi connectivity index (χ1n) is 3.57. The molecule has 3 N–H and O–H groups in total. The van der Waals surface area contributed by atoms with Crippen LogP contribution in [0.25, 0.3) is 0 Å².